The first kappa shape index (κ1) is 18.3. The maximum absolute atomic E-state index is 13.5. The molecule has 1 unspecified atom stereocenters. The molecule has 0 bridgehead atoms. The lowest BCUT2D eigenvalue weighted by Gasteiger charge is -2.27. The molecule has 0 aromatic heterocycles. The normalized spacial score (nSPS) is 16.6. The maximum Gasteiger partial charge on any atom is 0.308 e. The molecule has 1 atom stereocenters. The number of hydrogen-bond donors (Lipinski definition) is 2. The third kappa shape index (κ3) is 4.99. The number of aryl methyl sites for hydroxylation is 1. The number of aliphatic carboxylic acids is 1. The summed E-state index contributed by atoms with van der Waals surface area (Å²) in [5, 5.41) is 11.9. The number of hydrogen-bond acceptors (Lipinski definition) is 3. The average Bonchev–Trinajstić information content (AvgIpc) is 2.57. The molecule has 2 rings (SSSR count). The van der Waals surface area contributed by atoms with Crippen LogP contribution in [0.1, 0.15) is 24.8 Å². The lowest BCUT2D eigenvalue weighted by Crippen LogP contribution is -2.39. The van der Waals surface area contributed by atoms with Crippen LogP contribution >= 0.6 is 0 Å². The molecule has 24 heavy (non-hydrogen) atoms. The van der Waals surface area contributed by atoms with E-state index in [9.17, 15) is 23.5 Å². The Hall–Kier alpha value is -2.02. The largest absolute Gasteiger partial charge is 0.481 e. The number of amides is 1. The van der Waals surface area contributed by atoms with E-state index in [4.69, 9.17) is 4.74 Å². The van der Waals surface area contributed by atoms with Crippen molar-refractivity contribution in [1.29, 1.82) is 0 Å². The van der Waals surface area contributed by atoms with Crippen LogP contribution in [0.4, 0.5) is 8.78 Å². The zero-order valence-electron chi connectivity index (χ0n) is 13.3. The molecule has 0 aliphatic carbocycles. The monoisotopic (exact) mass is 341 g/mol. The van der Waals surface area contributed by atoms with Gasteiger partial charge in [0.2, 0.25) is 5.91 Å². The topological polar surface area (TPSA) is 75.6 Å². The van der Waals surface area contributed by atoms with Gasteiger partial charge in [0.05, 0.1) is 5.92 Å². The van der Waals surface area contributed by atoms with Crippen LogP contribution in [0.15, 0.2) is 18.2 Å². The zero-order chi connectivity index (χ0) is 17.5. The van der Waals surface area contributed by atoms with Crippen LogP contribution < -0.4 is 5.32 Å². The molecule has 1 saturated heterocycles. The summed E-state index contributed by atoms with van der Waals surface area (Å²) in [6.45, 7) is 1.09. The van der Waals surface area contributed by atoms with Crippen molar-refractivity contribution in [3.63, 3.8) is 0 Å². The molecule has 0 spiro atoms. The Kier molecular flexibility index (Phi) is 6.66. The summed E-state index contributed by atoms with van der Waals surface area (Å²) in [4.78, 5) is 23.3. The van der Waals surface area contributed by atoms with Gasteiger partial charge in [0.1, 0.15) is 0 Å². The van der Waals surface area contributed by atoms with Crippen molar-refractivity contribution in [2.24, 2.45) is 11.8 Å². The lowest BCUT2D eigenvalue weighted by atomic mass is 9.86. The molecule has 1 fully saturated rings. The van der Waals surface area contributed by atoms with E-state index in [1.165, 1.54) is 12.1 Å². The van der Waals surface area contributed by atoms with Gasteiger partial charge in [-0.3, -0.25) is 9.59 Å². The molecule has 1 aromatic rings. The first-order chi connectivity index (χ1) is 11.5. The summed E-state index contributed by atoms with van der Waals surface area (Å²) in [5.74, 6) is -3.91. The van der Waals surface area contributed by atoms with Crippen molar-refractivity contribution < 1.29 is 28.2 Å². The number of ether oxygens (including phenoxy) is 1. The van der Waals surface area contributed by atoms with Crippen LogP contribution in [0.2, 0.25) is 0 Å². The summed E-state index contributed by atoms with van der Waals surface area (Å²) >= 11 is 0. The van der Waals surface area contributed by atoms with Crippen LogP contribution in [0.5, 0.6) is 0 Å². The average molecular weight is 341 g/mol. The number of nitrogens with one attached hydrogen (secondary N) is 1. The van der Waals surface area contributed by atoms with Crippen LogP contribution in [0, 0.1) is 23.5 Å². The number of carbonyl (C=O) groups excluding carboxylic acids is 1. The second kappa shape index (κ2) is 8.73. The van der Waals surface area contributed by atoms with Gasteiger partial charge < -0.3 is 15.2 Å². The van der Waals surface area contributed by atoms with Crippen molar-refractivity contribution in [2.45, 2.75) is 25.7 Å². The smallest absolute Gasteiger partial charge is 0.308 e. The third-order valence-electron chi connectivity index (χ3n) is 4.32. The molecule has 0 saturated carbocycles. The number of rotatable bonds is 7. The van der Waals surface area contributed by atoms with Crippen LogP contribution in [-0.4, -0.2) is 36.7 Å². The van der Waals surface area contributed by atoms with E-state index < -0.39 is 23.5 Å². The van der Waals surface area contributed by atoms with Crippen LogP contribution in [0.25, 0.3) is 0 Å². The highest BCUT2D eigenvalue weighted by molar-refractivity contribution is 5.77. The number of carboxylic acid groups (broad SMARTS) is 1. The molecule has 1 aliphatic rings. The van der Waals surface area contributed by atoms with E-state index in [2.05, 4.69) is 5.32 Å². The summed E-state index contributed by atoms with van der Waals surface area (Å²) in [5.41, 5.74) is 0.129. The fourth-order valence-corrected chi connectivity index (χ4v) is 2.88. The minimum atomic E-state index is -0.948. The van der Waals surface area contributed by atoms with Gasteiger partial charge in [-0.1, -0.05) is 12.1 Å². The summed E-state index contributed by atoms with van der Waals surface area (Å²) in [6.07, 6.45) is 1.34. The highest BCUT2D eigenvalue weighted by Crippen LogP contribution is 2.23. The lowest BCUT2D eigenvalue weighted by molar-refractivity contribution is -0.144. The molecule has 0 radical (unpaired) electrons. The number of benzene rings is 1. The van der Waals surface area contributed by atoms with Gasteiger partial charge in [0.15, 0.2) is 11.6 Å². The Balaban J connectivity index is 1.82. The minimum Gasteiger partial charge on any atom is -0.481 e. The fraction of sp³-hybridized carbons (Fsp3) is 0.529. The quantitative estimate of drug-likeness (QED) is 0.797. The fourth-order valence-electron chi connectivity index (χ4n) is 2.88. The van der Waals surface area contributed by atoms with E-state index in [0.29, 0.717) is 26.1 Å². The first-order valence-electron chi connectivity index (χ1n) is 7.99. The van der Waals surface area contributed by atoms with E-state index in [0.717, 1.165) is 6.07 Å². The highest BCUT2D eigenvalue weighted by Gasteiger charge is 2.29. The predicted octanol–water partition coefficient (Wildman–Crippen LogP) is 2.14. The Morgan fingerprint density at radius 2 is 2.00 bits per heavy atom. The number of carboxylic acids is 1. The molecule has 7 heteroatoms. The number of carbonyl (C=O) groups is 2. The second-order valence-electron chi connectivity index (χ2n) is 5.91. The summed E-state index contributed by atoms with van der Waals surface area (Å²) in [7, 11) is 0. The Morgan fingerprint density at radius 3 is 2.67 bits per heavy atom. The Labute approximate surface area is 139 Å². The molecule has 1 amide bonds. The van der Waals surface area contributed by atoms with Gasteiger partial charge in [-0.25, -0.2) is 8.78 Å². The molecular formula is C17H21F2NO4. The predicted molar refractivity (Wildman–Crippen MR) is 82.4 cm³/mol. The molecule has 1 heterocycles. The van der Waals surface area contributed by atoms with Gasteiger partial charge in [0.25, 0.3) is 0 Å². The first-order valence-corrected chi connectivity index (χ1v) is 7.99. The highest BCUT2D eigenvalue weighted by atomic mass is 19.2. The summed E-state index contributed by atoms with van der Waals surface area (Å²) < 4.78 is 31.8. The molecule has 5 nitrogen and oxygen atoms in total. The van der Waals surface area contributed by atoms with Crippen molar-refractivity contribution in [1.82, 2.24) is 5.32 Å². The zero-order valence-corrected chi connectivity index (χ0v) is 13.3. The maximum atomic E-state index is 13.5. The molecule has 1 aliphatic heterocycles. The van der Waals surface area contributed by atoms with Crippen molar-refractivity contribution in [3.05, 3.63) is 35.4 Å². The van der Waals surface area contributed by atoms with Crippen molar-refractivity contribution in [2.75, 3.05) is 19.8 Å². The van der Waals surface area contributed by atoms with Gasteiger partial charge in [-0.15, -0.1) is 0 Å². The van der Waals surface area contributed by atoms with Crippen molar-refractivity contribution in [3.8, 4) is 0 Å². The van der Waals surface area contributed by atoms with Gasteiger partial charge >= 0.3 is 5.97 Å². The van der Waals surface area contributed by atoms with Crippen molar-refractivity contribution >= 4 is 11.9 Å². The Morgan fingerprint density at radius 1 is 1.29 bits per heavy atom. The summed E-state index contributed by atoms with van der Waals surface area (Å²) in [6, 6.07) is 3.83. The molecule has 1 aromatic carbocycles. The van der Waals surface area contributed by atoms with E-state index in [1.807, 2.05) is 0 Å². The molecular weight excluding hydrogens is 320 g/mol. The minimum absolute atomic E-state index is 0.0273. The van der Waals surface area contributed by atoms with E-state index >= 15 is 0 Å². The van der Waals surface area contributed by atoms with E-state index in [-0.39, 0.29) is 36.8 Å². The van der Waals surface area contributed by atoms with Gasteiger partial charge in [-0.05, 0) is 36.8 Å². The SMILES string of the molecule is O=C(CCc1cccc(F)c1F)NCC(C(=O)O)C1CCOCC1. The van der Waals surface area contributed by atoms with Gasteiger partial charge in [0, 0.05) is 26.2 Å². The van der Waals surface area contributed by atoms with Crippen LogP contribution in [0.3, 0.4) is 0 Å². The van der Waals surface area contributed by atoms with Crippen LogP contribution in [-0.2, 0) is 20.7 Å². The Bertz CT molecular complexity index is 588. The second-order valence-corrected chi connectivity index (χ2v) is 5.91. The van der Waals surface area contributed by atoms with Gasteiger partial charge in [-0.2, -0.15) is 0 Å². The third-order valence-corrected chi connectivity index (χ3v) is 4.32. The molecule has 132 valence electrons. The van der Waals surface area contributed by atoms with E-state index in [1.54, 1.807) is 0 Å². The number of halogens is 2. The standard InChI is InChI=1S/C17H21F2NO4/c18-14-3-1-2-12(16(14)19)4-5-15(21)20-10-13(17(22)23)11-6-8-24-9-7-11/h1-3,11,13H,4-10H2,(H,20,21)(H,22,23). The molecule has 2 N–H and O–H groups in total.